The van der Waals surface area contributed by atoms with E-state index in [1.165, 1.54) is 77.0 Å². The summed E-state index contributed by atoms with van der Waals surface area (Å²) in [5, 5.41) is 21.8. The molecular weight excluding hydrogens is 721 g/mol. The number of allylic oxidation sites excluding steroid dienone is 8. The van der Waals surface area contributed by atoms with Gasteiger partial charge in [0.2, 0.25) is 5.91 Å². The van der Waals surface area contributed by atoms with E-state index in [9.17, 15) is 34.1 Å². The predicted octanol–water partition coefficient (Wildman–Crippen LogP) is 10.6. The maximum absolute atomic E-state index is 12.3. The van der Waals surface area contributed by atoms with E-state index in [0.29, 0.717) is 12.8 Å². The number of phosphoric ester groups is 1. The van der Waals surface area contributed by atoms with Crippen molar-refractivity contribution >= 4 is 25.7 Å². The monoisotopic (exact) mass is 798 g/mol. The van der Waals surface area contributed by atoms with E-state index in [0.717, 1.165) is 57.8 Å². The van der Waals surface area contributed by atoms with Gasteiger partial charge in [0, 0.05) is 12.8 Å². The van der Waals surface area contributed by atoms with Crippen LogP contribution in [0, 0.1) is 0 Å². The summed E-state index contributed by atoms with van der Waals surface area (Å²) >= 11 is 0. The lowest BCUT2D eigenvalue weighted by Gasteiger charge is -2.18. The molecule has 0 aliphatic heterocycles. The smallest absolute Gasteiger partial charge is 0.472 e. The molecule has 0 spiro atoms. The predicted molar refractivity (Wildman–Crippen MR) is 222 cm³/mol. The van der Waals surface area contributed by atoms with Crippen molar-refractivity contribution in [1.82, 2.24) is 5.32 Å². The molecule has 0 radical (unpaired) electrons. The second-order valence-electron chi connectivity index (χ2n) is 14.2. The highest BCUT2D eigenvalue weighted by Gasteiger charge is 2.28. The van der Waals surface area contributed by atoms with E-state index in [2.05, 4.69) is 67.8 Å². The van der Waals surface area contributed by atoms with Gasteiger partial charge in [-0.15, -0.1) is 0 Å². The Kier molecular flexibility index (Phi) is 36.5. The number of carbonyl (C=O) groups is 3. The molecule has 0 aliphatic carbocycles. The van der Waals surface area contributed by atoms with E-state index in [-0.39, 0.29) is 12.8 Å². The van der Waals surface area contributed by atoms with Gasteiger partial charge < -0.3 is 25.2 Å². The molecule has 3 atom stereocenters. The molecule has 0 heterocycles. The third-order valence-electron chi connectivity index (χ3n) is 8.87. The summed E-state index contributed by atoms with van der Waals surface area (Å²) in [6.45, 7) is 2.51. The summed E-state index contributed by atoms with van der Waals surface area (Å²) in [5.41, 5.74) is 0. The molecule has 0 saturated heterocycles. The van der Waals surface area contributed by atoms with E-state index in [4.69, 9.17) is 13.8 Å². The van der Waals surface area contributed by atoms with Gasteiger partial charge in [-0.3, -0.25) is 18.6 Å². The van der Waals surface area contributed by atoms with E-state index in [1.54, 1.807) is 0 Å². The minimum atomic E-state index is -4.76. The van der Waals surface area contributed by atoms with E-state index in [1.807, 2.05) is 0 Å². The van der Waals surface area contributed by atoms with Crippen molar-refractivity contribution in [3.05, 3.63) is 48.6 Å². The Bertz CT molecular complexity index is 1120. The average molecular weight is 798 g/mol. The van der Waals surface area contributed by atoms with Gasteiger partial charge in [0.15, 0.2) is 6.04 Å². The fraction of sp³-hybridized carbons (Fsp3) is 0.744. The molecule has 12 heteroatoms. The highest BCUT2D eigenvalue weighted by molar-refractivity contribution is 7.47. The minimum Gasteiger partial charge on any atom is -0.480 e. The van der Waals surface area contributed by atoms with Crippen molar-refractivity contribution in [2.24, 2.45) is 0 Å². The van der Waals surface area contributed by atoms with Crippen molar-refractivity contribution in [2.45, 2.75) is 187 Å². The number of aliphatic hydroxyl groups excluding tert-OH is 1. The molecule has 11 nitrogen and oxygen atoms in total. The van der Waals surface area contributed by atoms with Gasteiger partial charge in [-0.2, -0.15) is 0 Å². The number of unbranched alkanes of at least 4 members (excludes halogenated alkanes) is 17. The van der Waals surface area contributed by atoms with Gasteiger partial charge in [0.05, 0.1) is 13.2 Å². The lowest BCUT2D eigenvalue weighted by atomic mass is 10.0. The summed E-state index contributed by atoms with van der Waals surface area (Å²) in [5.74, 6) is -2.41. The largest absolute Gasteiger partial charge is 0.480 e. The van der Waals surface area contributed by atoms with Crippen molar-refractivity contribution in [1.29, 1.82) is 0 Å². The molecule has 0 aromatic carbocycles. The number of aliphatic carboxylic acids is 1. The first-order valence-corrected chi connectivity index (χ1v) is 22.7. The maximum Gasteiger partial charge on any atom is 0.472 e. The molecular formula is C43H76NO10P. The van der Waals surface area contributed by atoms with Crippen LogP contribution in [0.3, 0.4) is 0 Å². The number of carboxylic acids is 1. The van der Waals surface area contributed by atoms with Crippen molar-refractivity contribution in [2.75, 3.05) is 19.8 Å². The number of ether oxygens (including phenoxy) is 1. The Morgan fingerprint density at radius 3 is 1.53 bits per heavy atom. The first kappa shape index (κ1) is 52.4. The molecule has 3 unspecified atom stereocenters. The third-order valence-corrected chi connectivity index (χ3v) is 9.82. The van der Waals surface area contributed by atoms with Crippen LogP contribution in [0.5, 0.6) is 0 Å². The maximum atomic E-state index is 12.3. The van der Waals surface area contributed by atoms with Crippen LogP contribution >= 0.6 is 7.82 Å². The molecule has 0 rings (SSSR count). The Labute approximate surface area is 333 Å². The Balaban J connectivity index is 3.96. The minimum absolute atomic E-state index is 0.144. The Hall–Kier alpha value is -2.56. The molecule has 1 amide bonds. The molecule has 4 N–H and O–H groups in total. The Morgan fingerprint density at radius 1 is 0.582 bits per heavy atom. The number of nitrogens with one attached hydrogen (secondary N) is 1. The number of esters is 1. The van der Waals surface area contributed by atoms with Crippen molar-refractivity contribution in [3.63, 3.8) is 0 Å². The second kappa shape index (κ2) is 38.3. The van der Waals surface area contributed by atoms with Gasteiger partial charge in [-0.05, 0) is 57.8 Å². The SMILES string of the molecule is CCCCC/C=C\C/C=C\C/C=C\C/C=C\CCCCCC(=O)OCC(O)COP(=O)(O)OCC(NC(=O)CCCCCCCCCCCCCC)C(=O)O. The molecule has 0 aromatic rings. The number of carboxylic acid groups (broad SMARTS) is 1. The average Bonchev–Trinajstić information content (AvgIpc) is 3.16. The van der Waals surface area contributed by atoms with Gasteiger partial charge in [-0.1, -0.05) is 152 Å². The molecule has 318 valence electrons. The Morgan fingerprint density at radius 2 is 1.00 bits per heavy atom. The van der Waals surface area contributed by atoms with Crippen LogP contribution in [0.1, 0.15) is 174 Å². The van der Waals surface area contributed by atoms with Crippen molar-refractivity contribution < 1.29 is 47.8 Å². The van der Waals surface area contributed by atoms with E-state index >= 15 is 0 Å². The van der Waals surface area contributed by atoms with Gasteiger partial charge in [-0.25, -0.2) is 9.36 Å². The van der Waals surface area contributed by atoms with E-state index < -0.39 is 57.6 Å². The number of hydrogen-bond acceptors (Lipinski definition) is 8. The van der Waals surface area contributed by atoms with Gasteiger partial charge in [0.1, 0.15) is 12.7 Å². The summed E-state index contributed by atoms with van der Waals surface area (Å²) in [4.78, 5) is 45.8. The normalized spacial score (nSPS) is 14.3. The summed E-state index contributed by atoms with van der Waals surface area (Å²) < 4.78 is 26.8. The standard InChI is InChI=1S/C43H76NO10P/c1-3-5-7-9-11-13-15-17-18-19-20-21-22-23-25-27-29-31-33-35-42(47)52-36-39(45)37-53-55(50,51)54-38-40(43(48)49)44-41(46)34-32-30-28-26-24-16-14-12-10-8-6-4-2/h11,13,17-18,20-21,23,25,39-40,45H,3-10,12,14-16,19,22,24,26-38H2,1-2H3,(H,44,46)(H,48,49)(H,50,51)/b13-11-,18-17-,21-20-,25-23-. The quantitative estimate of drug-likeness (QED) is 0.0203. The highest BCUT2D eigenvalue weighted by atomic mass is 31.2. The number of aliphatic hydroxyl groups is 1. The van der Waals surface area contributed by atoms with Crippen LogP contribution in [-0.4, -0.2) is 64.9 Å². The third kappa shape index (κ3) is 38.1. The summed E-state index contributed by atoms with van der Waals surface area (Å²) in [6.07, 6.45) is 41.4. The van der Waals surface area contributed by atoms with Gasteiger partial charge in [0.25, 0.3) is 0 Å². The lowest BCUT2D eigenvalue weighted by Crippen LogP contribution is -2.43. The number of rotatable bonds is 39. The van der Waals surface area contributed by atoms with Crippen molar-refractivity contribution in [3.8, 4) is 0 Å². The van der Waals surface area contributed by atoms with Crippen LogP contribution in [0.25, 0.3) is 0 Å². The highest BCUT2D eigenvalue weighted by Crippen LogP contribution is 2.43. The number of carbonyl (C=O) groups excluding carboxylic acids is 2. The molecule has 55 heavy (non-hydrogen) atoms. The van der Waals surface area contributed by atoms with Gasteiger partial charge >= 0.3 is 19.8 Å². The van der Waals surface area contributed by atoms with Crippen LogP contribution in [-0.2, 0) is 32.7 Å². The fourth-order valence-corrected chi connectivity index (χ4v) is 6.31. The molecule has 0 saturated carbocycles. The first-order chi connectivity index (χ1) is 26.6. The number of phosphoric acid groups is 1. The zero-order valence-corrected chi connectivity index (χ0v) is 35.1. The number of hydrogen-bond donors (Lipinski definition) is 4. The molecule has 0 aliphatic rings. The van der Waals surface area contributed by atoms with Crippen LogP contribution in [0.15, 0.2) is 48.6 Å². The fourth-order valence-electron chi connectivity index (χ4n) is 5.53. The molecule has 0 aromatic heterocycles. The number of amides is 1. The topological polar surface area (TPSA) is 169 Å². The first-order valence-electron chi connectivity index (χ1n) is 21.2. The lowest BCUT2D eigenvalue weighted by molar-refractivity contribution is -0.147. The van der Waals surface area contributed by atoms with Crippen LogP contribution < -0.4 is 5.32 Å². The second-order valence-corrected chi connectivity index (χ2v) is 15.6. The summed E-state index contributed by atoms with van der Waals surface area (Å²) in [7, 11) is -4.76. The summed E-state index contributed by atoms with van der Waals surface area (Å²) in [6, 6.07) is -1.55. The van der Waals surface area contributed by atoms with Crippen LogP contribution in [0.2, 0.25) is 0 Å². The van der Waals surface area contributed by atoms with Crippen LogP contribution in [0.4, 0.5) is 0 Å². The molecule has 0 bridgehead atoms. The molecule has 0 fully saturated rings. The zero-order valence-electron chi connectivity index (χ0n) is 34.2. The zero-order chi connectivity index (χ0) is 40.7.